The van der Waals surface area contributed by atoms with Crippen molar-refractivity contribution in [3.8, 4) is 0 Å². The summed E-state index contributed by atoms with van der Waals surface area (Å²) in [6.07, 6.45) is -8.56. The van der Waals surface area contributed by atoms with Crippen LogP contribution < -0.4 is 5.32 Å². The van der Waals surface area contributed by atoms with E-state index in [9.17, 15) is 29.4 Å². The van der Waals surface area contributed by atoms with Gasteiger partial charge in [0.15, 0.2) is 17.5 Å². The number of hydrogen-bond acceptors (Lipinski definition) is 15. The van der Waals surface area contributed by atoms with E-state index in [1.165, 1.54) is 21.1 Å². The molecule has 2 bridgehead atoms. The number of fused-ring (bicyclic) bond motifs is 5. The van der Waals surface area contributed by atoms with Crippen molar-refractivity contribution in [3.05, 3.63) is 82.9 Å². The van der Waals surface area contributed by atoms with Crippen LogP contribution in [0.5, 0.6) is 0 Å². The van der Waals surface area contributed by atoms with Crippen LogP contribution in [0.2, 0.25) is 0 Å². The van der Waals surface area contributed by atoms with Crippen LogP contribution in [0.25, 0.3) is 0 Å². The summed E-state index contributed by atoms with van der Waals surface area (Å²) in [5, 5.41) is 28.0. The number of ketones is 1. The van der Waals surface area contributed by atoms with E-state index in [0.717, 1.165) is 0 Å². The highest BCUT2D eigenvalue weighted by Gasteiger charge is 2.78. The summed E-state index contributed by atoms with van der Waals surface area (Å²) in [5.74, 6) is -4.52. The highest BCUT2D eigenvalue weighted by Crippen LogP contribution is 2.64. The highest BCUT2D eigenvalue weighted by atomic mass is 16.6. The number of benzene rings is 2. The summed E-state index contributed by atoms with van der Waals surface area (Å²) in [5.41, 5.74) is -6.72. The molecule has 0 spiro atoms. The van der Waals surface area contributed by atoms with Gasteiger partial charge in [-0.2, -0.15) is 0 Å². The fraction of sp³-hybridized carbons (Fsp3) is 0.627. The molecule has 1 unspecified atom stereocenters. The number of aliphatic hydroxyl groups is 2. The molecule has 4 aliphatic rings. The number of amides is 1. The summed E-state index contributed by atoms with van der Waals surface area (Å²) in [6, 6.07) is 15.1. The molecule has 3 N–H and O–H groups in total. The molecule has 16 heteroatoms. The average molecular weight is 938 g/mol. The number of hydrogen-bond donors (Lipinski definition) is 3. The van der Waals surface area contributed by atoms with Gasteiger partial charge >= 0.3 is 24.0 Å². The second-order valence-electron chi connectivity index (χ2n) is 20.2. The lowest BCUT2D eigenvalue weighted by atomic mass is 9.44. The minimum atomic E-state index is -2.22. The Hall–Kier alpha value is -4.71. The van der Waals surface area contributed by atoms with Crippen LogP contribution >= 0.6 is 0 Å². The molecule has 3 aliphatic carbocycles. The summed E-state index contributed by atoms with van der Waals surface area (Å²) in [6.45, 7) is 20.9. The maximum absolute atomic E-state index is 15.5. The number of ether oxygens (including phenoxy) is 8. The Morgan fingerprint density at radius 3 is 1.94 bits per heavy atom. The molecule has 3 fully saturated rings. The Morgan fingerprint density at radius 1 is 0.881 bits per heavy atom. The first-order chi connectivity index (χ1) is 31.2. The Labute approximate surface area is 394 Å². The van der Waals surface area contributed by atoms with Gasteiger partial charge in [0.05, 0.1) is 47.9 Å². The van der Waals surface area contributed by atoms with E-state index in [4.69, 9.17) is 37.9 Å². The van der Waals surface area contributed by atoms with E-state index in [1.807, 2.05) is 27.7 Å². The topological polar surface area (TPSA) is 212 Å². The van der Waals surface area contributed by atoms with Gasteiger partial charge in [-0.05, 0) is 91.2 Å². The Morgan fingerprint density at radius 2 is 1.46 bits per heavy atom. The van der Waals surface area contributed by atoms with Crippen molar-refractivity contribution in [3.63, 3.8) is 0 Å². The van der Waals surface area contributed by atoms with Crippen molar-refractivity contribution < 1.29 is 72.1 Å². The minimum Gasteiger partial charge on any atom is -0.456 e. The van der Waals surface area contributed by atoms with Crippen molar-refractivity contribution in [2.45, 2.75) is 168 Å². The van der Waals surface area contributed by atoms with Crippen LogP contribution in [0.3, 0.4) is 0 Å². The van der Waals surface area contributed by atoms with E-state index in [1.54, 1.807) is 109 Å². The van der Waals surface area contributed by atoms with Gasteiger partial charge < -0.3 is 53.4 Å². The van der Waals surface area contributed by atoms with Crippen molar-refractivity contribution in [1.29, 1.82) is 0 Å². The first-order valence-corrected chi connectivity index (χ1v) is 22.9. The van der Waals surface area contributed by atoms with E-state index in [0.29, 0.717) is 23.3 Å². The number of Topliss-reactive ketones (excluding diaryl/α,β-unsaturated/α-hetero) is 1. The molecular formula is C51H71NO15. The molecule has 16 nitrogen and oxygen atoms in total. The highest BCUT2D eigenvalue weighted by molar-refractivity contribution is 5.94. The number of nitrogens with one attached hydrogen (secondary N) is 1. The largest absolute Gasteiger partial charge is 0.456 e. The summed E-state index contributed by atoms with van der Waals surface area (Å²) >= 11 is 0. The molecule has 11 atom stereocenters. The predicted molar refractivity (Wildman–Crippen MR) is 245 cm³/mol. The Bertz CT molecular complexity index is 2130. The molecule has 6 rings (SSSR count). The Balaban J connectivity index is 0.00000111. The molecule has 67 heavy (non-hydrogen) atoms. The van der Waals surface area contributed by atoms with Gasteiger partial charge in [-0.15, -0.1) is 0 Å². The molecular weight excluding hydrogens is 867 g/mol. The van der Waals surface area contributed by atoms with Gasteiger partial charge in [0, 0.05) is 39.4 Å². The molecule has 1 amide bonds. The standard InChI is InChI=1S/C45H57NO14.C6H14O/c1-24-28(57-39(51)33(48)32(26-17-13-11-14-18-26)46-40(52)60-41(3,4)5)22-45(53)37(58-38(50)27-19-15-12-16-20-27)35-43(8,36(49)34(55-10)31(24)42(45,6)7)29(54-9)21-30-44(35,23-56-30)59-25(2)47;1-5(2)7-6(3)4/h11-20,28-30,32-35,37,48,53H,21-23H2,1-10H3,(H,46,52);5-6H,1-4H3/t28-,29-,30+,32-,33+,34+,35?,37-,43+,44-,45+;/m0./s1. The smallest absolute Gasteiger partial charge is 0.408 e. The average Bonchev–Trinajstić information content (AvgIpc) is 3.23. The van der Waals surface area contributed by atoms with E-state index in [-0.39, 0.29) is 24.2 Å². The zero-order valence-electron chi connectivity index (χ0n) is 41.4. The molecule has 2 aromatic rings. The fourth-order valence-corrected chi connectivity index (χ4v) is 10.6. The third kappa shape index (κ3) is 10.5. The molecule has 1 heterocycles. The lowest BCUT2D eigenvalue weighted by molar-refractivity contribution is -0.347. The maximum atomic E-state index is 15.5. The molecule has 0 aromatic heterocycles. The van der Waals surface area contributed by atoms with E-state index in [2.05, 4.69) is 5.32 Å². The molecule has 1 saturated heterocycles. The van der Waals surface area contributed by atoms with Crippen LogP contribution in [-0.2, 0) is 52.3 Å². The van der Waals surface area contributed by atoms with Crippen LogP contribution in [0.15, 0.2) is 71.8 Å². The van der Waals surface area contributed by atoms with Gasteiger partial charge in [0.25, 0.3) is 0 Å². The number of carbonyl (C=O) groups excluding carboxylic acids is 5. The zero-order chi connectivity index (χ0) is 50.0. The summed E-state index contributed by atoms with van der Waals surface area (Å²) < 4.78 is 47.6. The lowest BCUT2D eigenvalue weighted by Gasteiger charge is -2.67. The van der Waals surface area contributed by atoms with Gasteiger partial charge in [-0.25, -0.2) is 14.4 Å². The van der Waals surface area contributed by atoms with Gasteiger partial charge in [-0.1, -0.05) is 62.4 Å². The second kappa shape index (κ2) is 20.5. The molecule has 0 radical (unpaired) electrons. The van der Waals surface area contributed by atoms with Crippen molar-refractivity contribution in [1.82, 2.24) is 5.32 Å². The second-order valence-corrected chi connectivity index (χ2v) is 20.2. The summed E-state index contributed by atoms with van der Waals surface area (Å²) in [7, 11) is 2.78. The van der Waals surface area contributed by atoms with Gasteiger partial charge in [-0.3, -0.25) is 9.59 Å². The quantitative estimate of drug-likeness (QED) is 0.120. The molecule has 2 saturated carbocycles. The third-order valence-electron chi connectivity index (χ3n) is 13.6. The summed E-state index contributed by atoms with van der Waals surface area (Å²) in [4.78, 5) is 70.1. The van der Waals surface area contributed by atoms with Gasteiger partial charge in [0.1, 0.15) is 35.6 Å². The van der Waals surface area contributed by atoms with Gasteiger partial charge in [0.2, 0.25) is 0 Å². The van der Waals surface area contributed by atoms with E-state index < -0.39 is 112 Å². The monoisotopic (exact) mass is 937 g/mol. The normalized spacial score (nSPS) is 30.7. The first-order valence-electron chi connectivity index (χ1n) is 22.9. The number of carbonyl (C=O) groups is 5. The number of methoxy groups -OCH3 is 2. The van der Waals surface area contributed by atoms with Crippen molar-refractivity contribution in [2.75, 3.05) is 20.8 Å². The molecule has 2 aromatic carbocycles. The van der Waals surface area contributed by atoms with Crippen LogP contribution in [0.4, 0.5) is 4.79 Å². The van der Waals surface area contributed by atoms with Crippen LogP contribution in [0, 0.1) is 16.7 Å². The van der Waals surface area contributed by atoms with Crippen LogP contribution in [-0.4, -0.2) is 126 Å². The lowest BCUT2D eigenvalue weighted by Crippen LogP contribution is -2.82. The fourth-order valence-electron chi connectivity index (χ4n) is 10.6. The van der Waals surface area contributed by atoms with Crippen molar-refractivity contribution >= 4 is 29.8 Å². The predicted octanol–water partition coefficient (Wildman–Crippen LogP) is 6.39. The number of rotatable bonds is 12. The zero-order valence-corrected chi connectivity index (χ0v) is 41.4. The molecule has 1 aliphatic heterocycles. The SMILES string of the molecule is CC(C)OC(C)C.CO[C@H]1C(=O)[C@@]2(C)C([C@H](OC(=O)c3ccccc3)[C@]3(O)C[C@H](OC(=O)[C@H](O)[C@@H](NC(=O)OC(C)(C)C)c4ccccc4)C(C)=C1C3(C)C)[C@]1(OC(C)=O)CO[C@@H]1C[C@@H]2OC. The molecule has 370 valence electrons. The van der Waals surface area contributed by atoms with Crippen molar-refractivity contribution in [2.24, 2.45) is 16.7 Å². The number of alkyl carbamates (subject to hydrolysis) is 1. The number of aliphatic hydroxyl groups excluding tert-OH is 1. The Kier molecular flexibility index (Phi) is 16.3. The first kappa shape index (κ1) is 53.2. The van der Waals surface area contributed by atoms with E-state index >= 15 is 4.79 Å². The number of esters is 3. The maximum Gasteiger partial charge on any atom is 0.408 e. The minimum absolute atomic E-state index is 0.121. The van der Waals surface area contributed by atoms with Crippen LogP contribution in [0.1, 0.15) is 118 Å². The third-order valence-corrected chi connectivity index (χ3v) is 13.6.